The van der Waals surface area contributed by atoms with Crippen LogP contribution < -0.4 is 9.47 Å². The van der Waals surface area contributed by atoms with Crippen LogP contribution in [0.15, 0.2) is 18.3 Å². The third-order valence-electron chi connectivity index (χ3n) is 6.20. The lowest BCUT2D eigenvalue weighted by Crippen LogP contribution is -2.54. The maximum absolute atomic E-state index is 10.5. The van der Waals surface area contributed by atoms with Gasteiger partial charge >= 0.3 is 0 Å². The van der Waals surface area contributed by atoms with Gasteiger partial charge in [-0.2, -0.15) is 0 Å². The predicted octanol–water partition coefficient (Wildman–Crippen LogP) is -1.07. The van der Waals surface area contributed by atoms with Gasteiger partial charge in [-0.05, 0) is 26.0 Å². The molecular formula is C20H33N4O4+. The molecule has 0 spiro atoms. The van der Waals surface area contributed by atoms with Crippen LogP contribution in [0.4, 0.5) is 5.82 Å². The number of aliphatic hydroxyl groups excluding tert-OH is 3. The molecule has 28 heavy (non-hydrogen) atoms. The summed E-state index contributed by atoms with van der Waals surface area (Å²) in [7, 11) is 2.13. The van der Waals surface area contributed by atoms with E-state index in [1.54, 1.807) is 0 Å². The van der Waals surface area contributed by atoms with Gasteiger partial charge in [-0.15, -0.1) is 0 Å². The Hall–Kier alpha value is -1.29. The van der Waals surface area contributed by atoms with E-state index in [2.05, 4.69) is 40.1 Å². The van der Waals surface area contributed by atoms with Gasteiger partial charge in [0.25, 0.3) is 5.82 Å². The Labute approximate surface area is 166 Å². The van der Waals surface area contributed by atoms with Gasteiger partial charge in [0.2, 0.25) is 6.23 Å². The fourth-order valence-electron chi connectivity index (χ4n) is 4.32. The minimum Gasteiger partial charge on any atom is -0.393 e. The van der Waals surface area contributed by atoms with Crippen molar-refractivity contribution in [3.8, 4) is 0 Å². The SMILES string of the molecule is CN1CCN(c2ccc(CN3CCC(O)CC3)c[n+]2C2OCC(O)C2O)CC1. The van der Waals surface area contributed by atoms with Crippen molar-refractivity contribution in [1.29, 1.82) is 0 Å². The zero-order chi connectivity index (χ0) is 19.7. The highest BCUT2D eigenvalue weighted by molar-refractivity contribution is 5.35. The number of piperazine rings is 1. The Morgan fingerprint density at radius 1 is 1.04 bits per heavy atom. The minimum absolute atomic E-state index is 0.148. The van der Waals surface area contributed by atoms with Crippen molar-refractivity contribution in [1.82, 2.24) is 9.80 Å². The molecule has 3 N–H and O–H groups in total. The monoisotopic (exact) mass is 393 g/mol. The maximum atomic E-state index is 10.5. The fraction of sp³-hybridized carbons (Fsp3) is 0.750. The van der Waals surface area contributed by atoms with Gasteiger partial charge in [-0.1, -0.05) is 0 Å². The first-order valence-corrected chi connectivity index (χ1v) is 10.4. The molecule has 3 aliphatic rings. The number of piperidine rings is 1. The Morgan fingerprint density at radius 3 is 2.39 bits per heavy atom. The van der Waals surface area contributed by atoms with Crippen LogP contribution in [0.2, 0.25) is 0 Å². The maximum Gasteiger partial charge on any atom is 0.278 e. The van der Waals surface area contributed by atoms with Gasteiger partial charge in [-0.25, -0.2) is 4.57 Å². The number of aromatic nitrogens is 1. The molecule has 0 saturated carbocycles. The van der Waals surface area contributed by atoms with E-state index in [4.69, 9.17) is 4.74 Å². The highest BCUT2D eigenvalue weighted by Crippen LogP contribution is 2.24. The molecule has 3 saturated heterocycles. The lowest BCUT2D eigenvalue weighted by Gasteiger charge is -2.31. The van der Waals surface area contributed by atoms with Crippen LogP contribution in [0, 0.1) is 0 Å². The molecule has 0 radical (unpaired) electrons. The van der Waals surface area contributed by atoms with Crippen LogP contribution in [0.3, 0.4) is 0 Å². The summed E-state index contributed by atoms with van der Waals surface area (Å²) in [5.74, 6) is 1.02. The lowest BCUT2D eigenvalue weighted by atomic mass is 10.1. The van der Waals surface area contributed by atoms with Crippen molar-refractivity contribution in [2.75, 3.05) is 57.8 Å². The summed E-state index contributed by atoms with van der Waals surface area (Å²) in [6.45, 7) is 6.57. The summed E-state index contributed by atoms with van der Waals surface area (Å²) >= 11 is 0. The molecule has 3 aliphatic heterocycles. The number of anilines is 1. The third-order valence-corrected chi connectivity index (χ3v) is 6.20. The summed E-state index contributed by atoms with van der Waals surface area (Å²) in [5, 5.41) is 30.2. The molecule has 156 valence electrons. The molecule has 4 rings (SSSR count). The summed E-state index contributed by atoms with van der Waals surface area (Å²) in [4.78, 5) is 6.98. The zero-order valence-electron chi connectivity index (χ0n) is 16.7. The van der Waals surface area contributed by atoms with E-state index >= 15 is 0 Å². The van der Waals surface area contributed by atoms with Crippen molar-refractivity contribution in [3.05, 3.63) is 23.9 Å². The first-order chi connectivity index (χ1) is 13.5. The Balaban J connectivity index is 1.57. The third kappa shape index (κ3) is 4.32. The number of pyridine rings is 1. The Morgan fingerprint density at radius 2 is 1.75 bits per heavy atom. The van der Waals surface area contributed by atoms with Gasteiger partial charge < -0.3 is 20.1 Å². The van der Waals surface area contributed by atoms with E-state index in [0.717, 1.165) is 70.0 Å². The first-order valence-electron chi connectivity index (χ1n) is 10.4. The van der Waals surface area contributed by atoms with E-state index in [0.29, 0.717) is 0 Å². The molecule has 3 unspecified atom stereocenters. The van der Waals surface area contributed by atoms with Crippen molar-refractivity contribution < 1.29 is 24.6 Å². The van der Waals surface area contributed by atoms with Crippen molar-refractivity contribution >= 4 is 5.82 Å². The smallest absolute Gasteiger partial charge is 0.278 e. The van der Waals surface area contributed by atoms with E-state index < -0.39 is 18.4 Å². The summed E-state index contributed by atoms with van der Waals surface area (Å²) < 4.78 is 7.75. The second kappa shape index (κ2) is 8.61. The van der Waals surface area contributed by atoms with Crippen LogP contribution in [-0.4, -0.2) is 96.4 Å². The number of hydrogen-bond donors (Lipinski definition) is 3. The van der Waals surface area contributed by atoms with Crippen LogP contribution in [0.5, 0.6) is 0 Å². The van der Waals surface area contributed by atoms with Gasteiger partial charge in [0.1, 0.15) is 12.2 Å². The molecule has 4 heterocycles. The summed E-state index contributed by atoms with van der Waals surface area (Å²) in [6.07, 6.45) is 1.15. The molecule has 0 bridgehead atoms. The van der Waals surface area contributed by atoms with Gasteiger partial charge in [0.05, 0.1) is 32.0 Å². The summed E-state index contributed by atoms with van der Waals surface area (Å²) in [5.41, 5.74) is 1.14. The molecule has 1 aromatic heterocycles. The van der Waals surface area contributed by atoms with Gasteiger partial charge in [0.15, 0.2) is 0 Å². The Bertz CT molecular complexity index is 660. The van der Waals surface area contributed by atoms with Gasteiger partial charge in [-0.3, -0.25) is 14.7 Å². The fourth-order valence-corrected chi connectivity index (χ4v) is 4.32. The van der Waals surface area contributed by atoms with E-state index in [1.165, 1.54) is 0 Å². The van der Waals surface area contributed by atoms with E-state index in [-0.39, 0.29) is 12.7 Å². The van der Waals surface area contributed by atoms with Crippen molar-refractivity contribution in [2.24, 2.45) is 0 Å². The predicted molar refractivity (Wildman–Crippen MR) is 104 cm³/mol. The topological polar surface area (TPSA) is 83.5 Å². The number of aliphatic hydroxyl groups is 3. The molecule has 0 aliphatic carbocycles. The molecular weight excluding hydrogens is 360 g/mol. The number of likely N-dealkylation sites (tertiary alicyclic amines) is 1. The largest absolute Gasteiger partial charge is 0.393 e. The Kier molecular flexibility index (Phi) is 6.15. The highest BCUT2D eigenvalue weighted by Gasteiger charge is 2.41. The van der Waals surface area contributed by atoms with E-state index in [1.807, 2.05) is 4.57 Å². The quantitative estimate of drug-likeness (QED) is 0.562. The standard InChI is InChI=1S/C20H33N4O4/c1-21-8-10-23(11-9-21)18-3-2-15(12-22-6-4-16(25)5-7-22)13-24(18)20-19(27)17(26)14-28-20/h2-3,13,16-17,19-20,25-27H,4-12,14H2,1H3/q+1. The number of nitrogens with zero attached hydrogens (tertiary/aromatic N) is 4. The molecule has 3 atom stereocenters. The number of ether oxygens (including phenoxy) is 1. The van der Waals surface area contributed by atoms with Crippen molar-refractivity contribution in [2.45, 2.75) is 43.9 Å². The normalized spacial score (nSPS) is 30.9. The average Bonchev–Trinajstić information content (AvgIpc) is 3.03. The second-order valence-corrected chi connectivity index (χ2v) is 8.38. The molecule has 1 aromatic rings. The first kappa shape index (κ1) is 20.0. The highest BCUT2D eigenvalue weighted by atomic mass is 16.5. The van der Waals surface area contributed by atoms with Crippen LogP contribution in [0.1, 0.15) is 24.6 Å². The molecule has 0 aromatic carbocycles. The van der Waals surface area contributed by atoms with Crippen LogP contribution in [-0.2, 0) is 11.3 Å². The number of hydrogen-bond acceptors (Lipinski definition) is 7. The molecule has 0 amide bonds. The second-order valence-electron chi connectivity index (χ2n) is 8.38. The molecule has 8 nitrogen and oxygen atoms in total. The summed E-state index contributed by atoms with van der Waals surface area (Å²) in [6, 6.07) is 4.26. The van der Waals surface area contributed by atoms with Gasteiger partial charge in [0, 0.05) is 44.4 Å². The molecule has 8 heteroatoms. The van der Waals surface area contributed by atoms with Crippen LogP contribution in [0.25, 0.3) is 0 Å². The van der Waals surface area contributed by atoms with Crippen molar-refractivity contribution in [3.63, 3.8) is 0 Å². The zero-order valence-corrected chi connectivity index (χ0v) is 16.7. The molecule has 3 fully saturated rings. The number of likely N-dealkylation sites (N-methyl/N-ethyl adjacent to an activating group) is 1. The minimum atomic E-state index is -0.934. The van der Waals surface area contributed by atoms with E-state index in [9.17, 15) is 15.3 Å². The van der Waals surface area contributed by atoms with Crippen LogP contribution >= 0.6 is 0 Å². The average molecular weight is 394 g/mol. The lowest BCUT2D eigenvalue weighted by molar-refractivity contribution is -0.754. The number of rotatable bonds is 4.